The lowest BCUT2D eigenvalue weighted by atomic mass is 10.1. The zero-order valence-corrected chi connectivity index (χ0v) is 14.8. The van der Waals surface area contributed by atoms with Crippen LogP contribution < -0.4 is 4.90 Å². The molecule has 1 saturated heterocycles. The largest absolute Gasteiger partial charge is 0.480 e. The highest BCUT2D eigenvalue weighted by molar-refractivity contribution is 7.89. The summed E-state index contributed by atoms with van der Waals surface area (Å²) in [7, 11) is -3.55. The van der Waals surface area contributed by atoms with Crippen molar-refractivity contribution in [2.24, 2.45) is 0 Å². The number of sulfonamides is 1. The molecule has 2 heterocycles. The maximum absolute atomic E-state index is 12.8. The van der Waals surface area contributed by atoms with E-state index >= 15 is 0 Å². The number of hydrogen-bond acceptors (Lipinski definition) is 4. The molecular formula is C17H22N2O5S. The minimum atomic E-state index is -3.55. The van der Waals surface area contributed by atoms with Crippen LogP contribution >= 0.6 is 0 Å². The number of carboxylic acid groups (broad SMARTS) is 1. The smallest absolute Gasteiger partial charge is 0.323 e. The molecule has 0 atom stereocenters. The van der Waals surface area contributed by atoms with Crippen molar-refractivity contribution in [2.75, 3.05) is 24.5 Å². The van der Waals surface area contributed by atoms with Crippen LogP contribution in [0.5, 0.6) is 0 Å². The van der Waals surface area contributed by atoms with Gasteiger partial charge in [0.15, 0.2) is 0 Å². The predicted molar refractivity (Wildman–Crippen MR) is 92.0 cm³/mol. The minimum absolute atomic E-state index is 0.220. The molecule has 1 aromatic carbocycles. The number of carbonyl (C=O) groups is 2. The Hall–Kier alpha value is -1.93. The number of amides is 1. The van der Waals surface area contributed by atoms with Crippen LogP contribution in [-0.2, 0) is 26.0 Å². The molecule has 136 valence electrons. The highest BCUT2D eigenvalue weighted by Crippen LogP contribution is 2.31. The summed E-state index contributed by atoms with van der Waals surface area (Å²) in [6, 6.07) is 4.65. The number of carboxylic acids is 1. The Labute approximate surface area is 147 Å². The molecule has 0 bridgehead atoms. The second-order valence-electron chi connectivity index (χ2n) is 6.48. The average Bonchev–Trinajstić information content (AvgIpc) is 2.74. The molecule has 0 radical (unpaired) electrons. The molecule has 1 fully saturated rings. The van der Waals surface area contributed by atoms with Crippen LogP contribution in [0, 0.1) is 0 Å². The Morgan fingerprint density at radius 3 is 2.48 bits per heavy atom. The Morgan fingerprint density at radius 1 is 1.08 bits per heavy atom. The van der Waals surface area contributed by atoms with Gasteiger partial charge in [0, 0.05) is 25.2 Å². The molecule has 25 heavy (non-hydrogen) atoms. The van der Waals surface area contributed by atoms with E-state index in [9.17, 15) is 18.0 Å². The number of nitrogens with zero attached hydrogens (tertiary/aromatic N) is 2. The van der Waals surface area contributed by atoms with Crippen LogP contribution in [0.4, 0.5) is 5.69 Å². The van der Waals surface area contributed by atoms with E-state index in [2.05, 4.69) is 0 Å². The number of benzene rings is 1. The van der Waals surface area contributed by atoms with Crippen LogP contribution in [0.3, 0.4) is 0 Å². The number of anilines is 1. The standard InChI is InChI=1S/C17H22N2O5S/c20-16-6-4-5-13-11-14(7-8-15(13)19(16)12-17(21)22)25(23,24)18-9-2-1-3-10-18/h7-8,11H,1-6,9-10,12H2,(H,21,22). The Bertz CT molecular complexity index is 784. The third kappa shape index (κ3) is 3.69. The minimum Gasteiger partial charge on any atom is -0.480 e. The van der Waals surface area contributed by atoms with Crippen molar-refractivity contribution < 1.29 is 23.1 Å². The SMILES string of the molecule is O=C(O)CN1C(=O)CCCc2cc(S(=O)(=O)N3CCCCC3)ccc21. The summed E-state index contributed by atoms with van der Waals surface area (Å²) < 4.78 is 27.2. The van der Waals surface area contributed by atoms with E-state index in [0.717, 1.165) is 19.3 Å². The van der Waals surface area contributed by atoms with Crippen LogP contribution in [0.1, 0.15) is 37.7 Å². The lowest BCUT2D eigenvalue weighted by Crippen LogP contribution is -2.36. The van der Waals surface area contributed by atoms with Crippen molar-refractivity contribution in [3.8, 4) is 0 Å². The first kappa shape index (κ1) is 17.9. The summed E-state index contributed by atoms with van der Waals surface area (Å²) in [5.41, 5.74) is 1.22. The summed E-state index contributed by atoms with van der Waals surface area (Å²) >= 11 is 0. The molecule has 0 aromatic heterocycles. The topological polar surface area (TPSA) is 95.0 Å². The molecule has 2 aliphatic rings. The molecule has 1 N–H and O–H groups in total. The normalized spacial score (nSPS) is 19.4. The second kappa shape index (κ2) is 7.13. The molecule has 7 nitrogen and oxygen atoms in total. The van der Waals surface area contributed by atoms with E-state index in [4.69, 9.17) is 5.11 Å². The third-order valence-electron chi connectivity index (χ3n) is 4.73. The first-order valence-corrected chi connectivity index (χ1v) is 9.99. The van der Waals surface area contributed by atoms with Crippen LogP contribution in [0.2, 0.25) is 0 Å². The number of fused-ring (bicyclic) bond motifs is 1. The van der Waals surface area contributed by atoms with Gasteiger partial charge in [0.1, 0.15) is 6.54 Å². The van der Waals surface area contributed by atoms with Crippen molar-refractivity contribution in [3.05, 3.63) is 23.8 Å². The molecule has 0 spiro atoms. The molecule has 8 heteroatoms. The number of rotatable bonds is 4. The maximum Gasteiger partial charge on any atom is 0.323 e. The Morgan fingerprint density at radius 2 is 1.80 bits per heavy atom. The van der Waals surface area contributed by atoms with Crippen LogP contribution in [-0.4, -0.2) is 49.3 Å². The van der Waals surface area contributed by atoms with Crippen molar-refractivity contribution in [2.45, 2.75) is 43.4 Å². The zero-order valence-electron chi connectivity index (χ0n) is 14.0. The first-order valence-electron chi connectivity index (χ1n) is 8.55. The van der Waals surface area contributed by atoms with Gasteiger partial charge < -0.3 is 10.0 Å². The molecule has 2 aliphatic heterocycles. The quantitative estimate of drug-likeness (QED) is 0.874. The van der Waals surface area contributed by atoms with Crippen molar-refractivity contribution in [3.63, 3.8) is 0 Å². The summed E-state index contributed by atoms with van der Waals surface area (Å²) in [4.78, 5) is 24.7. The van der Waals surface area contributed by atoms with Gasteiger partial charge in [-0.3, -0.25) is 9.59 Å². The predicted octanol–water partition coefficient (Wildman–Crippen LogP) is 1.62. The zero-order chi connectivity index (χ0) is 18.0. The van der Waals surface area contributed by atoms with Gasteiger partial charge in [-0.2, -0.15) is 4.31 Å². The highest BCUT2D eigenvalue weighted by atomic mass is 32.2. The third-order valence-corrected chi connectivity index (χ3v) is 6.62. The summed E-state index contributed by atoms with van der Waals surface area (Å²) in [5.74, 6) is -1.33. The molecule has 0 aliphatic carbocycles. The average molecular weight is 366 g/mol. The van der Waals surface area contributed by atoms with Crippen molar-refractivity contribution in [1.82, 2.24) is 4.31 Å². The fourth-order valence-electron chi connectivity index (χ4n) is 3.45. The summed E-state index contributed by atoms with van der Waals surface area (Å²) in [6.07, 6.45) is 4.17. The van der Waals surface area contributed by atoms with Crippen LogP contribution in [0.15, 0.2) is 23.1 Å². The van der Waals surface area contributed by atoms with Crippen LogP contribution in [0.25, 0.3) is 0 Å². The Kier molecular flexibility index (Phi) is 5.10. The van der Waals surface area contributed by atoms with E-state index in [-0.39, 0.29) is 17.2 Å². The van der Waals surface area contributed by atoms with E-state index in [1.807, 2.05) is 0 Å². The van der Waals surface area contributed by atoms with Gasteiger partial charge in [-0.15, -0.1) is 0 Å². The van der Waals surface area contributed by atoms with Gasteiger partial charge >= 0.3 is 5.97 Å². The van der Waals surface area contributed by atoms with E-state index in [1.54, 1.807) is 12.1 Å². The molecule has 1 amide bonds. The van der Waals surface area contributed by atoms with Gasteiger partial charge in [0.25, 0.3) is 0 Å². The molecule has 0 saturated carbocycles. The van der Waals surface area contributed by atoms with Gasteiger partial charge in [0.2, 0.25) is 15.9 Å². The summed E-state index contributed by atoms with van der Waals surface area (Å²) in [6.45, 7) is 0.649. The number of hydrogen-bond donors (Lipinski definition) is 1. The van der Waals surface area contributed by atoms with E-state index < -0.39 is 22.5 Å². The van der Waals surface area contributed by atoms with Gasteiger partial charge in [-0.25, -0.2) is 8.42 Å². The van der Waals surface area contributed by atoms with Crippen molar-refractivity contribution in [1.29, 1.82) is 0 Å². The van der Waals surface area contributed by atoms with Crippen molar-refractivity contribution >= 4 is 27.6 Å². The molecule has 0 unspecified atom stereocenters. The highest BCUT2D eigenvalue weighted by Gasteiger charge is 2.29. The van der Waals surface area contributed by atoms with E-state index in [1.165, 1.54) is 15.3 Å². The number of carbonyl (C=O) groups excluding carboxylic acids is 1. The lowest BCUT2D eigenvalue weighted by Gasteiger charge is -2.27. The number of piperidine rings is 1. The number of aliphatic carboxylic acids is 1. The van der Waals surface area contributed by atoms with Gasteiger partial charge in [0.05, 0.1) is 4.90 Å². The fourth-order valence-corrected chi connectivity index (χ4v) is 5.02. The first-order chi connectivity index (χ1) is 11.9. The second-order valence-corrected chi connectivity index (χ2v) is 8.42. The molecule has 3 rings (SSSR count). The van der Waals surface area contributed by atoms with Gasteiger partial charge in [-0.1, -0.05) is 6.42 Å². The summed E-state index contributed by atoms with van der Waals surface area (Å²) in [5, 5.41) is 9.06. The monoisotopic (exact) mass is 366 g/mol. The van der Waals surface area contributed by atoms with Gasteiger partial charge in [-0.05, 0) is 49.4 Å². The maximum atomic E-state index is 12.8. The van der Waals surface area contributed by atoms with E-state index in [0.29, 0.717) is 37.2 Å². The fraction of sp³-hybridized carbons (Fsp3) is 0.529. The lowest BCUT2D eigenvalue weighted by molar-refractivity contribution is -0.136. The molecule has 1 aromatic rings. The Balaban J connectivity index is 1.97. The number of aryl methyl sites for hydroxylation is 1. The molecular weight excluding hydrogens is 344 g/mol.